The summed E-state index contributed by atoms with van der Waals surface area (Å²) < 4.78 is 5.17. The van der Waals surface area contributed by atoms with Crippen LogP contribution in [-0.2, 0) is 4.74 Å². The lowest BCUT2D eigenvalue weighted by Gasteiger charge is -2.32. The molecule has 0 aliphatic rings. The molecule has 0 spiro atoms. The predicted molar refractivity (Wildman–Crippen MR) is 44.0 cm³/mol. The molecular formula is C8H19NO. The molecule has 0 amide bonds. The van der Waals surface area contributed by atoms with Crippen LogP contribution in [0.3, 0.4) is 0 Å². The van der Waals surface area contributed by atoms with Crippen molar-refractivity contribution in [3.05, 3.63) is 0 Å². The van der Waals surface area contributed by atoms with Crippen molar-refractivity contribution in [3.63, 3.8) is 0 Å². The molecule has 10 heavy (non-hydrogen) atoms. The molecule has 62 valence electrons. The second-order valence-electron chi connectivity index (χ2n) is 2.82. The first-order valence-corrected chi connectivity index (χ1v) is 3.92. The highest BCUT2D eigenvalue weighted by Crippen LogP contribution is 2.17. The maximum Gasteiger partial charge on any atom is 0.0722 e. The van der Waals surface area contributed by atoms with E-state index in [-0.39, 0.29) is 11.6 Å². The largest absolute Gasteiger partial charge is 0.380 e. The number of hydrogen-bond donors (Lipinski definition) is 1. The van der Waals surface area contributed by atoms with Gasteiger partial charge in [-0.05, 0) is 19.8 Å². The van der Waals surface area contributed by atoms with Gasteiger partial charge in [0.15, 0.2) is 0 Å². The molecule has 0 bridgehead atoms. The summed E-state index contributed by atoms with van der Waals surface area (Å²) in [5.41, 5.74) is 5.90. The Morgan fingerprint density at radius 3 is 1.90 bits per heavy atom. The molecule has 0 aliphatic heterocycles. The Morgan fingerprint density at radius 1 is 1.40 bits per heavy atom. The van der Waals surface area contributed by atoms with Crippen molar-refractivity contribution < 1.29 is 4.74 Å². The van der Waals surface area contributed by atoms with Crippen molar-refractivity contribution >= 4 is 0 Å². The van der Waals surface area contributed by atoms with Crippen LogP contribution in [0.2, 0.25) is 0 Å². The van der Waals surface area contributed by atoms with Crippen LogP contribution in [-0.4, -0.2) is 18.8 Å². The molecule has 2 N–H and O–H groups in total. The predicted octanol–water partition coefficient (Wildman–Crippen LogP) is 1.54. The zero-order valence-corrected chi connectivity index (χ0v) is 7.48. The monoisotopic (exact) mass is 145 g/mol. The average molecular weight is 145 g/mol. The molecule has 2 heteroatoms. The van der Waals surface area contributed by atoms with Gasteiger partial charge >= 0.3 is 0 Å². The van der Waals surface area contributed by atoms with E-state index in [1.807, 2.05) is 6.92 Å². The van der Waals surface area contributed by atoms with Crippen LogP contribution in [0.25, 0.3) is 0 Å². The van der Waals surface area contributed by atoms with E-state index in [1.165, 1.54) is 0 Å². The van der Waals surface area contributed by atoms with Crippen LogP contribution in [0.1, 0.15) is 33.6 Å². The smallest absolute Gasteiger partial charge is 0.0722 e. The fourth-order valence-corrected chi connectivity index (χ4v) is 1.06. The minimum atomic E-state index is -0.130. The molecule has 0 fully saturated rings. The number of hydrogen-bond acceptors (Lipinski definition) is 2. The molecule has 0 radical (unpaired) electrons. The number of methoxy groups -OCH3 is 1. The van der Waals surface area contributed by atoms with Gasteiger partial charge in [-0.25, -0.2) is 0 Å². The highest BCUT2D eigenvalue weighted by molar-refractivity contribution is 4.87. The first-order valence-electron chi connectivity index (χ1n) is 3.92. The van der Waals surface area contributed by atoms with E-state index < -0.39 is 0 Å². The highest BCUT2D eigenvalue weighted by Gasteiger charge is 2.27. The van der Waals surface area contributed by atoms with Gasteiger partial charge in [0.1, 0.15) is 0 Å². The van der Waals surface area contributed by atoms with Crippen LogP contribution in [0, 0.1) is 0 Å². The molecule has 0 aromatic heterocycles. The third-order valence-electron chi connectivity index (χ3n) is 2.48. The second-order valence-corrected chi connectivity index (χ2v) is 2.82. The molecule has 2 nitrogen and oxygen atoms in total. The van der Waals surface area contributed by atoms with Crippen molar-refractivity contribution in [1.29, 1.82) is 0 Å². The molecule has 1 unspecified atom stereocenters. The maximum absolute atomic E-state index is 6.03. The quantitative estimate of drug-likeness (QED) is 0.651. The Labute approximate surface area is 63.7 Å². The fraction of sp³-hybridized carbons (Fsp3) is 1.00. The van der Waals surface area contributed by atoms with Crippen LogP contribution in [0.4, 0.5) is 0 Å². The normalized spacial score (nSPS) is 15.3. The molecule has 1 atom stereocenters. The second kappa shape index (κ2) is 3.94. The molecule has 0 saturated heterocycles. The lowest BCUT2D eigenvalue weighted by atomic mass is 9.89. The van der Waals surface area contributed by atoms with E-state index in [0.717, 1.165) is 12.8 Å². The topological polar surface area (TPSA) is 35.2 Å². The summed E-state index contributed by atoms with van der Waals surface area (Å²) in [6.07, 6.45) is 2.10. The number of ether oxygens (including phenoxy) is 1. The summed E-state index contributed by atoms with van der Waals surface area (Å²) in [4.78, 5) is 0. The molecule has 0 aromatic carbocycles. The minimum Gasteiger partial charge on any atom is -0.380 e. The van der Waals surface area contributed by atoms with Crippen LogP contribution in [0.5, 0.6) is 0 Å². The van der Waals surface area contributed by atoms with Crippen molar-refractivity contribution in [2.75, 3.05) is 7.11 Å². The van der Waals surface area contributed by atoms with Crippen molar-refractivity contribution in [3.8, 4) is 0 Å². The van der Waals surface area contributed by atoms with Gasteiger partial charge in [-0.15, -0.1) is 0 Å². The van der Waals surface area contributed by atoms with Gasteiger partial charge in [0.25, 0.3) is 0 Å². The standard InChI is InChI=1S/C8H19NO/c1-5-8(9,6-2)7(3)10-4/h7H,5-6,9H2,1-4H3. The third kappa shape index (κ3) is 1.96. The Kier molecular flexibility index (Phi) is 3.91. The fourth-order valence-electron chi connectivity index (χ4n) is 1.06. The summed E-state index contributed by atoms with van der Waals surface area (Å²) in [5, 5.41) is 0. The number of nitrogens with two attached hydrogens (primary N) is 1. The molecule has 0 aliphatic carbocycles. The minimum absolute atomic E-state index is 0.130. The maximum atomic E-state index is 6.03. The summed E-state index contributed by atoms with van der Waals surface area (Å²) in [6, 6.07) is 0. The van der Waals surface area contributed by atoms with Gasteiger partial charge < -0.3 is 10.5 Å². The molecular weight excluding hydrogens is 126 g/mol. The van der Waals surface area contributed by atoms with E-state index in [1.54, 1.807) is 7.11 Å². The molecule has 0 saturated carbocycles. The number of rotatable bonds is 4. The third-order valence-corrected chi connectivity index (χ3v) is 2.48. The van der Waals surface area contributed by atoms with Gasteiger partial charge in [-0.1, -0.05) is 13.8 Å². The van der Waals surface area contributed by atoms with Gasteiger partial charge in [0.05, 0.1) is 6.10 Å². The Balaban J connectivity index is 4.02. The zero-order chi connectivity index (χ0) is 8.20. The van der Waals surface area contributed by atoms with Crippen LogP contribution >= 0.6 is 0 Å². The molecule has 0 aromatic rings. The van der Waals surface area contributed by atoms with Crippen molar-refractivity contribution in [2.24, 2.45) is 5.73 Å². The van der Waals surface area contributed by atoms with Gasteiger partial charge in [-0.3, -0.25) is 0 Å². The van der Waals surface area contributed by atoms with Gasteiger partial charge in [0.2, 0.25) is 0 Å². The summed E-state index contributed by atoms with van der Waals surface area (Å²) in [5.74, 6) is 0. The van der Waals surface area contributed by atoms with Gasteiger partial charge in [-0.2, -0.15) is 0 Å². The van der Waals surface area contributed by atoms with E-state index in [9.17, 15) is 0 Å². The van der Waals surface area contributed by atoms with E-state index >= 15 is 0 Å². The zero-order valence-electron chi connectivity index (χ0n) is 7.48. The Morgan fingerprint density at radius 2 is 1.80 bits per heavy atom. The first kappa shape index (κ1) is 9.92. The van der Waals surface area contributed by atoms with Crippen LogP contribution in [0.15, 0.2) is 0 Å². The summed E-state index contributed by atoms with van der Waals surface area (Å²) in [7, 11) is 1.71. The molecule has 0 heterocycles. The molecule has 0 rings (SSSR count). The summed E-state index contributed by atoms with van der Waals surface area (Å²) >= 11 is 0. The van der Waals surface area contributed by atoms with E-state index in [4.69, 9.17) is 10.5 Å². The van der Waals surface area contributed by atoms with E-state index in [0.29, 0.717) is 0 Å². The lowest BCUT2D eigenvalue weighted by molar-refractivity contribution is 0.0448. The summed E-state index contributed by atoms with van der Waals surface area (Å²) in [6.45, 7) is 6.21. The lowest BCUT2D eigenvalue weighted by Crippen LogP contribution is -2.49. The Bertz CT molecular complexity index is 89.3. The average Bonchev–Trinajstić information content (AvgIpc) is 2.01. The first-order chi connectivity index (χ1) is 4.60. The van der Waals surface area contributed by atoms with Gasteiger partial charge in [0, 0.05) is 12.6 Å². The van der Waals surface area contributed by atoms with Crippen LogP contribution < -0.4 is 5.73 Å². The van der Waals surface area contributed by atoms with Crippen molar-refractivity contribution in [1.82, 2.24) is 0 Å². The van der Waals surface area contributed by atoms with E-state index in [2.05, 4.69) is 13.8 Å². The van der Waals surface area contributed by atoms with Crippen molar-refractivity contribution in [2.45, 2.75) is 45.3 Å². The highest BCUT2D eigenvalue weighted by atomic mass is 16.5. The SMILES string of the molecule is CCC(N)(CC)C(C)OC. The Hall–Kier alpha value is -0.0800.